The molecule has 1 spiro atoms. The van der Waals surface area contributed by atoms with E-state index < -0.39 is 17.6 Å². The average molecular weight is 362 g/mol. The minimum Gasteiger partial charge on any atom is -0.367 e. The monoisotopic (exact) mass is 361 g/mol. The third-order valence-electron chi connectivity index (χ3n) is 5.11. The van der Waals surface area contributed by atoms with E-state index in [1.54, 1.807) is 6.07 Å². The molecule has 1 saturated heterocycles. The predicted molar refractivity (Wildman–Crippen MR) is 91.9 cm³/mol. The number of aryl methyl sites for hydroxylation is 1. The van der Waals surface area contributed by atoms with Crippen LogP contribution in [0.2, 0.25) is 5.02 Å². The predicted octanol–water partition coefficient (Wildman–Crippen LogP) is 2.68. The number of fused-ring (bicyclic) bond motifs is 2. The molecule has 0 aliphatic carbocycles. The molecule has 2 N–H and O–H groups in total. The average Bonchev–Trinajstić information content (AvgIpc) is 3.12. The van der Waals surface area contributed by atoms with Crippen LogP contribution in [0.3, 0.4) is 0 Å². The summed E-state index contributed by atoms with van der Waals surface area (Å²) in [5.74, 6) is 0.402. The van der Waals surface area contributed by atoms with Crippen LogP contribution >= 0.6 is 11.6 Å². The SMILES string of the molecule is Cc1cc(CN2CCC3(CC2)OC(C(N)=O)c2ccc(Cl)cc23)on1. The maximum atomic E-state index is 11.8. The summed E-state index contributed by atoms with van der Waals surface area (Å²) >= 11 is 6.19. The largest absolute Gasteiger partial charge is 0.367 e. The van der Waals surface area contributed by atoms with Gasteiger partial charge in [0, 0.05) is 24.2 Å². The van der Waals surface area contributed by atoms with Crippen molar-refractivity contribution in [1.82, 2.24) is 10.1 Å². The first-order valence-electron chi connectivity index (χ1n) is 8.38. The second-order valence-electron chi connectivity index (χ2n) is 6.84. The molecule has 1 aromatic carbocycles. The summed E-state index contributed by atoms with van der Waals surface area (Å²) in [5, 5.41) is 4.57. The van der Waals surface area contributed by atoms with Gasteiger partial charge in [0.15, 0.2) is 11.9 Å². The molecule has 0 saturated carbocycles. The van der Waals surface area contributed by atoms with E-state index in [9.17, 15) is 4.79 Å². The van der Waals surface area contributed by atoms with Gasteiger partial charge in [0.1, 0.15) is 0 Å². The summed E-state index contributed by atoms with van der Waals surface area (Å²) in [6, 6.07) is 7.50. The van der Waals surface area contributed by atoms with Crippen LogP contribution in [0.4, 0.5) is 0 Å². The van der Waals surface area contributed by atoms with Crippen molar-refractivity contribution in [3.63, 3.8) is 0 Å². The number of halogens is 1. The van der Waals surface area contributed by atoms with E-state index >= 15 is 0 Å². The molecule has 1 atom stereocenters. The van der Waals surface area contributed by atoms with Gasteiger partial charge in [-0.15, -0.1) is 0 Å². The van der Waals surface area contributed by atoms with Crippen LogP contribution in [0.1, 0.15) is 41.5 Å². The number of benzene rings is 1. The van der Waals surface area contributed by atoms with Crippen molar-refractivity contribution in [2.45, 2.75) is 38.0 Å². The summed E-state index contributed by atoms with van der Waals surface area (Å²) in [6.45, 7) is 4.29. The Balaban J connectivity index is 1.54. The number of carbonyl (C=O) groups is 1. The Morgan fingerprint density at radius 3 is 2.80 bits per heavy atom. The Bertz CT molecular complexity index is 812. The van der Waals surface area contributed by atoms with Gasteiger partial charge in [0.25, 0.3) is 5.91 Å². The second-order valence-corrected chi connectivity index (χ2v) is 7.27. The fraction of sp³-hybridized carbons (Fsp3) is 0.444. The zero-order valence-corrected chi connectivity index (χ0v) is 14.8. The van der Waals surface area contributed by atoms with Gasteiger partial charge in [-0.05, 0) is 43.0 Å². The van der Waals surface area contributed by atoms with Crippen LogP contribution in [-0.4, -0.2) is 29.1 Å². The van der Waals surface area contributed by atoms with Crippen molar-refractivity contribution < 1.29 is 14.1 Å². The first-order chi connectivity index (χ1) is 12.0. The number of piperidine rings is 1. The zero-order valence-electron chi connectivity index (χ0n) is 14.0. The van der Waals surface area contributed by atoms with Crippen molar-refractivity contribution in [2.75, 3.05) is 13.1 Å². The maximum absolute atomic E-state index is 11.8. The Morgan fingerprint density at radius 1 is 1.40 bits per heavy atom. The van der Waals surface area contributed by atoms with Crippen molar-refractivity contribution in [2.24, 2.45) is 5.73 Å². The van der Waals surface area contributed by atoms with Crippen LogP contribution in [0.5, 0.6) is 0 Å². The Morgan fingerprint density at radius 2 is 2.16 bits per heavy atom. The maximum Gasteiger partial charge on any atom is 0.251 e. The molecule has 1 aromatic heterocycles. The highest BCUT2D eigenvalue weighted by atomic mass is 35.5. The Hall–Kier alpha value is -1.89. The number of amides is 1. The van der Waals surface area contributed by atoms with Gasteiger partial charge >= 0.3 is 0 Å². The van der Waals surface area contributed by atoms with Gasteiger partial charge in [-0.1, -0.05) is 22.8 Å². The number of rotatable bonds is 3. The summed E-state index contributed by atoms with van der Waals surface area (Å²) < 4.78 is 11.5. The number of carbonyl (C=O) groups excluding carboxylic acids is 1. The van der Waals surface area contributed by atoms with E-state index in [1.807, 2.05) is 25.1 Å². The minimum absolute atomic E-state index is 0.458. The third kappa shape index (κ3) is 2.94. The molecule has 6 nitrogen and oxygen atoms in total. The number of nitrogens with zero attached hydrogens (tertiary/aromatic N) is 2. The number of hydrogen-bond acceptors (Lipinski definition) is 5. The number of hydrogen-bond donors (Lipinski definition) is 1. The molecular weight excluding hydrogens is 342 g/mol. The van der Waals surface area contributed by atoms with E-state index in [0.717, 1.165) is 55.1 Å². The topological polar surface area (TPSA) is 81.6 Å². The van der Waals surface area contributed by atoms with Crippen LogP contribution in [0.15, 0.2) is 28.8 Å². The van der Waals surface area contributed by atoms with E-state index in [4.69, 9.17) is 26.6 Å². The van der Waals surface area contributed by atoms with Crippen molar-refractivity contribution >= 4 is 17.5 Å². The molecule has 1 fully saturated rings. The van der Waals surface area contributed by atoms with Crippen LogP contribution in [0, 0.1) is 6.92 Å². The fourth-order valence-electron chi connectivity index (χ4n) is 3.89. The van der Waals surface area contributed by atoms with Crippen LogP contribution in [0.25, 0.3) is 0 Å². The van der Waals surface area contributed by atoms with Gasteiger partial charge in [0.05, 0.1) is 17.8 Å². The highest BCUT2D eigenvalue weighted by Crippen LogP contribution is 2.50. The molecular formula is C18H20ClN3O3. The van der Waals surface area contributed by atoms with E-state index in [0.29, 0.717) is 5.02 Å². The minimum atomic E-state index is -0.698. The lowest BCUT2D eigenvalue weighted by Gasteiger charge is -2.39. The number of likely N-dealkylation sites (tertiary alicyclic amines) is 1. The number of primary amides is 1. The molecule has 2 aliphatic rings. The molecule has 4 rings (SSSR count). The van der Waals surface area contributed by atoms with Gasteiger partial charge in [-0.25, -0.2) is 0 Å². The molecule has 7 heteroatoms. The standard InChI is InChI=1S/C18H20ClN3O3/c1-11-8-13(25-21-11)10-22-6-4-18(5-7-22)15-9-12(19)2-3-14(15)16(24-18)17(20)23/h2-3,8-9,16H,4-7,10H2,1H3,(H2,20,23). The third-order valence-corrected chi connectivity index (χ3v) is 5.35. The zero-order chi connectivity index (χ0) is 17.6. The van der Waals surface area contributed by atoms with Gasteiger partial charge < -0.3 is 15.0 Å². The summed E-state index contributed by atoms with van der Waals surface area (Å²) in [6.07, 6.45) is 0.852. The van der Waals surface area contributed by atoms with E-state index in [1.165, 1.54) is 0 Å². The number of aromatic nitrogens is 1. The molecule has 1 unspecified atom stereocenters. The molecule has 1 amide bonds. The highest BCUT2D eigenvalue weighted by molar-refractivity contribution is 6.30. The van der Waals surface area contributed by atoms with Gasteiger partial charge in [-0.2, -0.15) is 0 Å². The summed E-state index contributed by atoms with van der Waals surface area (Å²) in [5.41, 5.74) is 7.78. The lowest BCUT2D eigenvalue weighted by atomic mass is 9.83. The van der Waals surface area contributed by atoms with E-state index in [2.05, 4.69) is 10.1 Å². The molecule has 0 bridgehead atoms. The molecule has 2 aromatic rings. The van der Waals surface area contributed by atoms with Crippen molar-refractivity contribution in [1.29, 1.82) is 0 Å². The molecule has 132 valence electrons. The van der Waals surface area contributed by atoms with Gasteiger partial charge in [0.2, 0.25) is 0 Å². The number of nitrogens with two attached hydrogens (primary N) is 1. The first-order valence-corrected chi connectivity index (χ1v) is 8.76. The quantitative estimate of drug-likeness (QED) is 0.908. The molecule has 3 heterocycles. The highest BCUT2D eigenvalue weighted by Gasteiger charge is 2.48. The molecule has 25 heavy (non-hydrogen) atoms. The Labute approximate surface area is 150 Å². The van der Waals surface area contributed by atoms with Crippen molar-refractivity contribution in [3.05, 3.63) is 51.9 Å². The normalized spacial score (nSPS) is 22.2. The lowest BCUT2D eigenvalue weighted by Crippen LogP contribution is -2.42. The second kappa shape index (κ2) is 6.12. The first kappa shape index (κ1) is 16.6. The van der Waals surface area contributed by atoms with Crippen LogP contribution < -0.4 is 5.73 Å². The lowest BCUT2D eigenvalue weighted by molar-refractivity contribution is -0.148. The fourth-order valence-corrected chi connectivity index (χ4v) is 4.06. The summed E-state index contributed by atoms with van der Waals surface area (Å²) in [4.78, 5) is 14.1. The van der Waals surface area contributed by atoms with Crippen molar-refractivity contribution in [3.8, 4) is 0 Å². The summed E-state index contributed by atoms with van der Waals surface area (Å²) in [7, 11) is 0. The number of ether oxygens (including phenoxy) is 1. The van der Waals surface area contributed by atoms with Crippen LogP contribution in [-0.2, 0) is 21.7 Å². The smallest absolute Gasteiger partial charge is 0.251 e. The molecule has 0 radical (unpaired) electrons. The van der Waals surface area contributed by atoms with Gasteiger partial charge in [-0.3, -0.25) is 9.69 Å². The van der Waals surface area contributed by atoms with E-state index in [-0.39, 0.29) is 0 Å². The Kier molecular flexibility index (Phi) is 4.06. The molecule has 2 aliphatic heterocycles.